The number of esters is 1. The van der Waals surface area contributed by atoms with Crippen molar-refractivity contribution >= 4 is 5.97 Å². The summed E-state index contributed by atoms with van der Waals surface area (Å²) < 4.78 is 18.0. The Kier molecular flexibility index (Phi) is 4.31. The van der Waals surface area contributed by atoms with Crippen LogP contribution < -0.4 is 0 Å². The second-order valence-electron chi connectivity index (χ2n) is 13.8. The Bertz CT molecular complexity index is 1010. The lowest BCUT2D eigenvalue weighted by Gasteiger charge is -2.63. The number of ether oxygens (including phenoxy) is 3. The molecule has 0 radical (unpaired) electrons. The van der Waals surface area contributed by atoms with E-state index in [0.717, 1.165) is 12.8 Å². The number of fused-ring (bicyclic) bond motifs is 9. The van der Waals surface area contributed by atoms with Gasteiger partial charge in [-0.05, 0) is 74.5 Å². The molecule has 6 fully saturated rings. The molecule has 3 saturated carbocycles. The van der Waals surface area contributed by atoms with E-state index >= 15 is 0 Å². The number of carbonyl (C=O) groups is 1. The van der Waals surface area contributed by atoms with Crippen molar-refractivity contribution in [1.82, 2.24) is 0 Å². The molecule has 0 bridgehead atoms. The molecule has 3 saturated heterocycles. The molecule has 3 aliphatic heterocycles. The molecular weight excluding hydrogens is 448 g/mol. The maximum atomic E-state index is 12.7. The van der Waals surface area contributed by atoms with Crippen LogP contribution in [-0.4, -0.2) is 68.6 Å². The minimum Gasteiger partial charge on any atom is -0.460 e. The quantitative estimate of drug-likeness (QED) is 0.311. The Morgan fingerprint density at radius 1 is 1.11 bits per heavy atom. The minimum absolute atomic E-state index is 0.0188. The maximum Gasteiger partial charge on any atom is 0.341 e. The van der Waals surface area contributed by atoms with Gasteiger partial charge >= 0.3 is 5.97 Å². The van der Waals surface area contributed by atoms with E-state index in [0.29, 0.717) is 19.3 Å². The van der Waals surface area contributed by atoms with Crippen LogP contribution in [0.2, 0.25) is 0 Å². The SMILES string of the molecule is C[C@@H]([C@H]1CC[C@H]2[C@@H]3[C@@H]4O[C@@H]4[C@@]4(O)CC=C[C@@H](O)[C@]4(C)[C@H]3C[C@H](O)[C@]12C)[C@H]1C[C@]2(C)O[C@]2(C)C(=O)O1. The van der Waals surface area contributed by atoms with E-state index in [4.69, 9.17) is 14.2 Å². The third-order valence-electron chi connectivity index (χ3n) is 12.8. The summed E-state index contributed by atoms with van der Waals surface area (Å²) in [5.41, 5.74) is -3.47. The predicted molar refractivity (Wildman–Crippen MR) is 125 cm³/mol. The molecule has 7 nitrogen and oxygen atoms in total. The Hall–Kier alpha value is -0.990. The summed E-state index contributed by atoms with van der Waals surface area (Å²) in [6.07, 6.45) is 5.53. The number of epoxide rings is 2. The number of carbonyl (C=O) groups excluding carboxylic acids is 1. The Morgan fingerprint density at radius 2 is 1.86 bits per heavy atom. The highest BCUT2D eigenvalue weighted by Crippen LogP contribution is 2.72. The molecule has 4 aliphatic carbocycles. The van der Waals surface area contributed by atoms with Crippen LogP contribution in [0.3, 0.4) is 0 Å². The molecule has 15 atom stereocenters. The first-order chi connectivity index (χ1) is 16.3. The zero-order valence-electron chi connectivity index (χ0n) is 21.4. The molecule has 0 aromatic heterocycles. The van der Waals surface area contributed by atoms with E-state index in [1.54, 1.807) is 0 Å². The van der Waals surface area contributed by atoms with Gasteiger partial charge in [0.05, 0.1) is 18.3 Å². The Balaban J connectivity index is 1.21. The lowest BCUT2D eigenvalue weighted by atomic mass is 9.42. The predicted octanol–water partition coefficient (Wildman–Crippen LogP) is 2.35. The van der Waals surface area contributed by atoms with Crippen LogP contribution in [-0.2, 0) is 19.0 Å². The van der Waals surface area contributed by atoms with Gasteiger partial charge in [-0.1, -0.05) is 32.9 Å². The minimum atomic E-state index is -1.10. The summed E-state index contributed by atoms with van der Waals surface area (Å²) in [6.45, 7) is 10.2. The summed E-state index contributed by atoms with van der Waals surface area (Å²) in [6, 6.07) is 0. The zero-order valence-corrected chi connectivity index (χ0v) is 21.4. The molecule has 0 amide bonds. The van der Waals surface area contributed by atoms with Gasteiger partial charge in [-0.3, -0.25) is 0 Å². The lowest BCUT2D eigenvalue weighted by Crippen LogP contribution is -2.70. The van der Waals surface area contributed by atoms with Crippen LogP contribution in [0.15, 0.2) is 12.2 Å². The largest absolute Gasteiger partial charge is 0.460 e. The molecular formula is C28H40O7. The van der Waals surface area contributed by atoms with Gasteiger partial charge in [0.15, 0.2) is 5.60 Å². The highest BCUT2D eigenvalue weighted by molar-refractivity contribution is 5.85. The molecule has 35 heavy (non-hydrogen) atoms. The second kappa shape index (κ2) is 6.52. The molecule has 3 N–H and O–H groups in total. The van der Waals surface area contributed by atoms with Gasteiger partial charge in [-0.25, -0.2) is 4.79 Å². The fourth-order valence-corrected chi connectivity index (χ4v) is 10.2. The summed E-state index contributed by atoms with van der Waals surface area (Å²) >= 11 is 0. The smallest absolute Gasteiger partial charge is 0.341 e. The standard InChI is InChI=1S/C28H40O7/c1-13(17-12-24(2)27(5,35-24)23(31)33-17)14-8-9-15-20-16(11-19(30)25(14,15)3)26(4)18(29)7-6-10-28(26,32)22-21(20)34-22/h6-7,13-22,29-30,32H,8-12H2,1-5H3/t13-,14+,15-,16-,17+,18+,19-,20-,21-,22-,24-,25+,26-,27+,28-/m0/s1. The molecule has 194 valence electrons. The second-order valence-corrected chi connectivity index (χ2v) is 13.8. The van der Waals surface area contributed by atoms with Crippen molar-refractivity contribution in [3.63, 3.8) is 0 Å². The first-order valence-electron chi connectivity index (χ1n) is 13.6. The highest BCUT2D eigenvalue weighted by atomic mass is 16.7. The summed E-state index contributed by atoms with van der Waals surface area (Å²) in [5.74, 6) is 0.440. The van der Waals surface area contributed by atoms with Crippen LogP contribution in [0.25, 0.3) is 0 Å². The first kappa shape index (κ1) is 23.2. The normalized spacial score (nSPS) is 64.7. The van der Waals surface area contributed by atoms with Crippen LogP contribution in [0.4, 0.5) is 0 Å². The number of aliphatic hydroxyl groups is 3. The van der Waals surface area contributed by atoms with Crippen molar-refractivity contribution in [1.29, 1.82) is 0 Å². The average Bonchev–Trinajstić information content (AvgIpc) is 3.66. The molecule has 3 heterocycles. The van der Waals surface area contributed by atoms with Gasteiger partial charge in [-0.2, -0.15) is 0 Å². The summed E-state index contributed by atoms with van der Waals surface area (Å²) in [7, 11) is 0. The monoisotopic (exact) mass is 488 g/mol. The first-order valence-corrected chi connectivity index (χ1v) is 13.6. The van der Waals surface area contributed by atoms with E-state index in [1.807, 2.05) is 32.9 Å². The highest BCUT2D eigenvalue weighted by Gasteiger charge is 2.79. The van der Waals surface area contributed by atoms with Crippen molar-refractivity contribution in [2.45, 2.75) is 114 Å². The van der Waals surface area contributed by atoms with E-state index < -0.39 is 34.4 Å². The van der Waals surface area contributed by atoms with Crippen LogP contribution in [0.1, 0.15) is 66.7 Å². The van der Waals surface area contributed by atoms with Gasteiger partial charge in [0.1, 0.15) is 23.4 Å². The number of cyclic esters (lactones) is 1. The summed E-state index contributed by atoms with van der Waals surface area (Å²) in [5, 5.41) is 34.8. The fourth-order valence-electron chi connectivity index (χ4n) is 10.2. The van der Waals surface area contributed by atoms with Crippen molar-refractivity contribution in [3.8, 4) is 0 Å². The number of hydrogen-bond donors (Lipinski definition) is 3. The Labute approximate surface area is 207 Å². The van der Waals surface area contributed by atoms with Crippen LogP contribution in [0, 0.1) is 40.4 Å². The van der Waals surface area contributed by atoms with Crippen molar-refractivity contribution in [2.24, 2.45) is 40.4 Å². The number of hydrogen-bond acceptors (Lipinski definition) is 7. The number of aliphatic hydroxyl groups excluding tert-OH is 2. The van der Waals surface area contributed by atoms with E-state index in [-0.39, 0.29) is 59.3 Å². The molecule has 7 aliphatic rings. The van der Waals surface area contributed by atoms with Gasteiger partial charge in [-0.15, -0.1) is 0 Å². The molecule has 0 aromatic carbocycles. The van der Waals surface area contributed by atoms with Gasteiger partial charge < -0.3 is 29.5 Å². The fraction of sp³-hybridized carbons (Fsp3) is 0.893. The molecule has 0 unspecified atom stereocenters. The molecule has 7 rings (SSSR count). The van der Waals surface area contributed by atoms with E-state index in [9.17, 15) is 20.1 Å². The summed E-state index contributed by atoms with van der Waals surface area (Å²) in [4.78, 5) is 12.7. The third kappa shape index (κ3) is 2.44. The van der Waals surface area contributed by atoms with Gasteiger partial charge in [0, 0.05) is 11.8 Å². The molecule has 0 aromatic rings. The van der Waals surface area contributed by atoms with Crippen molar-refractivity contribution in [3.05, 3.63) is 12.2 Å². The lowest BCUT2D eigenvalue weighted by molar-refractivity contribution is -0.227. The van der Waals surface area contributed by atoms with E-state index in [2.05, 4.69) is 13.8 Å². The van der Waals surface area contributed by atoms with Crippen LogP contribution >= 0.6 is 0 Å². The van der Waals surface area contributed by atoms with Crippen molar-refractivity contribution < 1.29 is 34.3 Å². The molecule has 7 heteroatoms. The topological polar surface area (TPSA) is 112 Å². The van der Waals surface area contributed by atoms with Gasteiger partial charge in [0.25, 0.3) is 0 Å². The van der Waals surface area contributed by atoms with Gasteiger partial charge in [0.2, 0.25) is 0 Å². The van der Waals surface area contributed by atoms with Crippen molar-refractivity contribution in [2.75, 3.05) is 0 Å². The third-order valence-corrected chi connectivity index (χ3v) is 12.8. The Morgan fingerprint density at radius 3 is 2.57 bits per heavy atom. The maximum absolute atomic E-state index is 12.7. The average molecular weight is 489 g/mol. The van der Waals surface area contributed by atoms with E-state index in [1.165, 1.54) is 0 Å². The zero-order chi connectivity index (χ0) is 24.9. The molecule has 0 spiro atoms. The van der Waals surface area contributed by atoms with Crippen LogP contribution in [0.5, 0.6) is 0 Å². The number of rotatable bonds is 2.